The number of nitrogens with zero attached hydrogens (tertiary/aromatic N) is 2. The van der Waals surface area contributed by atoms with Crippen molar-refractivity contribution in [2.24, 2.45) is 53.3 Å². The summed E-state index contributed by atoms with van der Waals surface area (Å²) in [4.78, 5) is 61.5. The zero-order valence-electron chi connectivity index (χ0n) is 30.9. The smallest absolute Gasteiger partial charge is 0.220 e. The number of amides is 1. The van der Waals surface area contributed by atoms with Crippen molar-refractivity contribution < 1.29 is 44.4 Å². The number of hydrogen-bond donors (Lipinski definition) is 3. The zero-order chi connectivity index (χ0) is 38.2. The van der Waals surface area contributed by atoms with Crippen LogP contribution in [0.25, 0.3) is 10.6 Å². The van der Waals surface area contributed by atoms with E-state index in [1.807, 2.05) is 19.9 Å². The van der Waals surface area contributed by atoms with E-state index in [1.165, 1.54) is 0 Å². The van der Waals surface area contributed by atoms with Gasteiger partial charge in [0, 0.05) is 54.9 Å². The molecule has 0 spiro atoms. The topological polar surface area (TPSA) is 242 Å². The second-order valence-electron chi connectivity index (χ2n) is 16.5. The van der Waals surface area contributed by atoms with Crippen LogP contribution in [-0.4, -0.2) is 84.2 Å². The number of rotatable bonds is 12. The van der Waals surface area contributed by atoms with E-state index in [-0.39, 0.29) is 66.7 Å². The molecule has 0 radical (unpaired) electrons. The first-order valence-corrected chi connectivity index (χ1v) is 19.2. The molecule has 18 atom stereocenters. The summed E-state index contributed by atoms with van der Waals surface area (Å²) in [5.41, 5.74) is 0. The molecule has 5 aliphatic rings. The van der Waals surface area contributed by atoms with E-state index < -0.39 is 84.5 Å². The average Bonchev–Trinajstić information content (AvgIpc) is 3.74. The molecule has 0 aromatic heterocycles. The average molecular weight is 726 g/mol. The Hall–Kier alpha value is -3.07. The fourth-order valence-corrected chi connectivity index (χ4v) is 11.0. The molecule has 52 heavy (non-hydrogen) atoms. The molecular formula is C38H55N5O9-6. The van der Waals surface area contributed by atoms with Crippen molar-refractivity contribution in [1.29, 1.82) is 0 Å². The van der Waals surface area contributed by atoms with Gasteiger partial charge in [-0.15, -0.1) is 30.7 Å². The highest BCUT2D eigenvalue weighted by Gasteiger charge is 2.50. The van der Waals surface area contributed by atoms with Crippen LogP contribution in [0.3, 0.4) is 0 Å². The van der Waals surface area contributed by atoms with Gasteiger partial charge in [-0.25, -0.2) is 0 Å². The molecule has 0 aliphatic carbocycles. The molecule has 5 heterocycles. The number of fused-ring (bicyclic) bond motifs is 8. The van der Waals surface area contributed by atoms with Gasteiger partial charge in [0.25, 0.3) is 0 Å². The highest BCUT2D eigenvalue weighted by Crippen LogP contribution is 2.51. The Labute approximate surface area is 306 Å². The van der Waals surface area contributed by atoms with Gasteiger partial charge in [0.1, 0.15) is 0 Å². The van der Waals surface area contributed by atoms with Gasteiger partial charge < -0.3 is 66.2 Å². The lowest BCUT2D eigenvalue weighted by atomic mass is 9.72. The van der Waals surface area contributed by atoms with Crippen LogP contribution >= 0.6 is 0 Å². The summed E-state index contributed by atoms with van der Waals surface area (Å²) in [6.45, 7) is 14.7. The molecule has 0 aromatic rings. The number of carbonyl (C=O) groups excluding carboxylic acids is 5. The number of carbonyl (C=O) groups is 5. The summed E-state index contributed by atoms with van der Waals surface area (Å²) in [5, 5.41) is 68.3. The second-order valence-corrected chi connectivity index (χ2v) is 16.5. The molecule has 292 valence electrons. The Kier molecular flexibility index (Phi) is 12.7. The molecule has 14 nitrogen and oxygen atoms in total. The van der Waals surface area contributed by atoms with Crippen LogP contribution in [0.4, 0.5) is 0 Å². The van der Waals surface area contributed by atoms with Crippen LogP contribution in [0.15, 0.2) is 12.7 Å². The van der Waals surface area contributed by atoms with Crippen molar-refractivity contribution in [2.45, 2.75) is 140 Å². The lowest BCUT2D eigenvalue weighted by Crippen LogP contribution is -2.53. The lowest BCUT2D eigenvalue weighted by molar-refractivity contribution is -0.317. The summed E-state index contributed by atoms with van der Waals surface area (Å²) in [5.74, 6) is -8.59. The minimum atomic E-state index is -1.87. The summed E-state index contributed by atoms with van der Waals surface area (Å²) in [7, 11) is 0. The second kappa shape index (κ2) is 16.5. The highest BCUT2D eigenvalue weighted by atomic mass is 16.4. The third-order valence-corrected chi connectivity index (χ3v) is 13.9. The molecule has 0 aromatic carbocycles. The Bertz CT molecular complexity index is 1360. The first-order valence-electron chi connectivity index (χ1n) is 19.2. The molecule has 15 unspecified atom stereocenters. The van der Waals surface area contributed by atoms with Crippen LogP contribution in [0.2, 0.25) is 0 Å². The third-order valence-electron chi connectivity index (χ3n) is 13.9. The fourth-order valence-electron chi connectivity index (χ4n) is 11.0. The van der Waals surface area contributed by atoms with Crippen LogP contribution in [0.5, 0.6) is 0 Å². The van der Waals surface area contributed by atoms with E-state index in [0.29, 0.717) is 24.7 Å². The maximum Gasteiger partial charge on any atom is 0.220 e. The van der Waals surface area contributed by atoms with Gasteiger partial charge in [-0.2, -0.15) is 0 Å². The van der Waals surface area contributed by atoms with E-state index >= 15 is 0 Å². The predicted molar refractivity (Wildman–Crippen MR) is 182 cm³/mol. The SMILES string of the molecule is C=CC1C2CC3NC(CC4[N-]C(C(CC(=O)N[C@@H](CC(=O)[O-])C(=O)[O-])C5NC(CC([N-]2)C1C)[C@@H](C)[C@@H]5CCC(=O)[O-])C(C(=O)[O-])C4C)C(CC)C3C. The van der Waals surface area contributed by atoms with Crippen LogP contribution < -0.4 is 36.4 Å². The standard InChI is InChI=1S/C38H59N5O9/c1-7-20-16(3)24-12-26-18(5)22(9-10-32(45)46)35(42-26)23(11-31(44)41-30(37(49)50)15-33(47)48)36-34(38(51)52)19(6)27(43-36)14-29-21(8-2)17(4)25(40-29)13-28(20)39-24/h7,16-30,34-36,40,42H,1,8-15H2,2-6H3,(H,41,44)(H,45,46)(H,47,48)(H,49,50)(H,51,52)/q-2/p-4/t16?,17?,18-,19?,20?,21?,22-,23?,24?,25?,26?,27?,28?,29?,30-,34?,35?,36?/m0/s1. The first kappa shape index (κ1) is 40.1. The fraction of sp³-hybridized carbons (Fsp3) is 0.816. The van der Waals surface area contributed by atoms with Gasteiger partial charge in [0.05, 0.1) is 12.0 Å². The van der Waals surface area contributed by atoms with E-state index in [9.17, 15) is 44.4 Å². The normalized spacial score (nSPS) is 43.4. The molecule has 5 aliphatic heterocycles. The van der Waals surface area contributed by atoms with Crippen molar-refractivity contribution in [3.05, 3.63) is 23.3 Å². The molecule has 3 N–H and O–H groups in total. The van der Waals surface area contributed by atoms with Crippen LogP contribution in [-0.2, 0) is 24.0 Å². The van der Waals surface area contributed by atoms with E-state index in [0.717, 1.165) is 12.8 Å². The summed E-state index contributed by atoms with van der Waals surface area (Å²) < 4.78 is 0. The van der Waals surface area contributed by atoms with Crippen LogP contribution in [0, 0.1) is 53.3 Å². The van der Waals surface area contributed by atoms with Crippen molar-refractivity contribution in [3.8, 4) is 0 Å². The van der Waals surface area contributed by atoms with Crippen molar-refractivity contribution >= 4 is 29.8 Å². The minimum absolute atomic E-state index is 0.0254. The first-order chi connectivity index (χ1) is 24.6. The molecule has 14 heteroatoms. The molecule has 5 saturated heterocycles. The van der Waals surface area contributed by atoms with Gasteiger partial charge in [-0.05, 0) is 54.3 Å². The molecule has 8 bridgehead atoms. The van der Waals surface area contributed by atoms with E-state index in [4.69, 9.17) is 10.6 Å². The predicted octanol–water partition coefficient (Wildman–Crippen LogP) is -1.63. The summed E-state index contributed by atoms with van der Waals surface area (Å²) in [6.07, 6.45) is 3.57. The van der Waals surface area contributed by atoms with Crippen molar-refractivity contribution in [2.75, 3.05) is 0 Å². The van der Waals surface area contributed by atoms with E-state index in [2.05, 4.69) is 43.3 Å². The largest absolute Gasteiger partial charge is 0.656 e. The molecular weight excluding hydrogens is 670 g/mol. The zero-order valence-corrected chi connectivity index (χ0v) is 30.9. The summed E-state index contributed by atoms with van der Waals surface area (Å²) >= 11 is 0. The number of hydrogen-bond acceptors (Lipinski definition) is 11. The van der Waals surface area contributed by atoms with Gasteiger partial charge in [0.2, 0.25) is 5.91 Å². The van der Waals surface area contributed by atoms with Gasteiger partial charge in [-0.3, -0.25) is 4.79 Å². The number of carboxylic acid groups (broad SMARTS) is 4. The Morgan fingerprint density at radius 3 is 2.00 bits per heavy atom. The van der Waals surface area contributed by atoms with Gasteiger partial charge in [0.15, 0.2) is 0 Å². The summed E-state index contributed by atoms with van der Waals surface area (Å²) in [6, 6.07) is -3.65. The quantitative estimate of drug-likeness (QED) is 0.193. The van der Waals surface area contributed by atoms with Gasteiger partial charge >= 0.3 is 0 Å². The minimum Gasteiger partial charge on any atom is -0.656 e. The van der Waals surface area contributed by atoms with E-state index in [1.54, 1.807) is 0 Å². The van der Waals surface area contributed by atoms with Crippen molar-refractivity contribution in [1.82, 2.24) is 16.0 Å². The molecule has 5 rings (SSSR count). The van der Waals surface area contributed by atoms with Gasteiger partial charge in [-0.1, -0.05) is 78.2 Å². The van der Waals surface area contributed by atoms with Crippen LogP contribution in [0.1, 0.15) is 86.0 Å². The molecule has 0 saturated carbocycles. The molecule has 5 fully saturated rings. The number of carboxylic acids is 4. The van der Waals surface area contributed by atoms with Crippen molar-refractivity contribution in [3.63, 3.8) is 0 Å². The Morgan fingerprint density at radius 2 is 1.40 bits per heavy atom. The number of aliphatic carboxylic acids is 4. The number of nitrogens with one attached hydrogen (secondary N) is 3. The lowest BCUT2D eigenvalue weighted by Gasteiger charge is -2.44. The maximum atomic E-state index is 13.7. The third kappa shape index (κ3) is 8.19. The Morgan fingerprint density at radius 1 is 0.788 bits per heavy atom. The maximum absolute atomic E-state index is 13.7. The monoisotopic (exact) mass is 725 g/mol. The Balaban J connectivity index is 1.58. The highest BCUT2D eigenvalue weighted by molar-refractivity contribution is 5.86. The molecule has 1 amide bonds.